The number of Topliss-reactive ketones (excluding diaryl/α,β-unsaturated/α-hetero) is 1. The second kappa shape index (κ2) is 6.07. The number of fused-ring (bicyclic) bond motifs is 5. The fourth-order valence-corrected chi connectivity index (χ4v) is 6.32. The van der Waals surface area contributed by atoms with Crippen LogP contribution in [0.15, 0.2) is 30.0 Å². The van der Waals surface area contributed by atoms with E-state index in [1.54, 1.807) is 0 Å². The Morgan fingerprint density at radius 1 is 1.32 bits per heavy atom. The number of aromatic nitrogens is 2. The predicted octanol–water partition coefficient (Wildman–Crippen LogP) is 4.55. The van der Waals surface area contributed by atoms with Crippen LogP contribution in [0.1, 0.15) is 60.9 Å². The zero-order valence-electron chi connectivity index (χ0n) is 16.9. The van der Waals surface area contributed by atoms with E-state index in [-0.39, 0.29) is 5.41 Å². The smallest absolute Gasteiger partial charge is 0.165 e. The van der Waals surface area contributed by atoms with Gasteiger partial charge in [-0.25, -0.2) is 0 Å². The molecule has 28 heavy (non-hydrogen) atoms. The summed E-state index contributed by atoms with van der Waals surface area (Å²) in [6, 6.07) is 5.89. The van der Waals surface area contributed by atoms with Gasteiger partial charge in [0.05, 0.1) is 5.69 Å². The number of allylic oxidation sites excluding steroid dienone is 1. The Bertz CT molecular complexity index is 1000. The van der Waals surface area contributed by atoms with Crippen molar-refractivity contribution in [1.82, 2.24) is 9.78 Å². The Labute approximate surface area is 166 Å². The van der Waals surface area contributed by atoms with Crippen molar-refractivity contribution < 1.29 is 9.90 Å². The molecule has 1 aromatic carbocycles. The first-order valence-electron chi connectivity index (χ1n) is 10.4. The van der Waals surface area contributed by atoms with Crippen molar-refractivity contribution in [2.75, 3.05) is 0 Å². The largest absolute Gasteiger partial charge is 0.508 e. The molecule has 4 heteroatoms. The highest BCUT2D eigenvalue weighted by molar-refractivity contribution is 6.06. The van der Waals surface area contributed by atoms with Gasteiger partial charge in [-0.05, 0) is 91.7 Å². The molecular weight excluding hydrogens is 348 g/mol. The maximum atomic E-state index is 13.4. The Morgan fingerprint density at radius 3 is 2.89 bits per heavy atom. The molecule has 3 aliphatic rings. The molecule has 1 heterocycles. The fraction of sp³-hybridized carbons (Fsp3) is 0.500. The summed E-state index contributed by atoms with van der Waals surface area (Å²) in [5.41, 5.74) is 5.51. The van der Waals surface area contributed by atoms with Crippen molar-refractivity contribution in [2.24, 2.45) is 24.3 Å². The molecule has 0 unspecified atom stereocenters. The van der Waals surface area contributed by atoms with E-state index >= 15 is 0 Å². The molecule has 0 bridgehead atoms. The van der Waals surface area contributed by atoms with Crippen LogP contribution in [-0.2, 0) is 18.3 Å². The minimum atomic E-state index is -0.225. The number of aromatic hydroxyl groups is 1. The summed E-state index contributed by atoms with van der Waals surface area (Å²) in [7, 11) is 1.93. The van der Waals surface area contributed by atoms with Gasteiger partial charge < -0.3 is 5.11 Å². The second-order valence-electron chi connectivity index (χ2n) is 9.30. The van der Waals surface area contributed by atoms with E-state index in [1.165, 1.54) is 11.1 Å². The quantitative estimate of drug-likeness (QED) is 0.743. The summed E-state index contributed by atoms with van der Waals surface area (Å²) in [4.78, 5) is 13.4. The van der Waals surface area contributed by atoms with Gasteiger partial charge in [-0.1, -0.05) is 13.0 Å². The Hall–Kier alpha value is -2.36. The van der Waals surface area contributed by atoms with E-state index in [0.717, 1.165) is 48.9 Å². The number of benzene rings is 1. The average Bonchev–Trinajstić information content (AvgIpc) is 3.11. The zero-order chi connectivity index (χ0) is 19.6. The van der Waals surface area contributed by atoms with Crippen molar-refractivity contribution in [1.29, 1.82) is 0 Å². The molecule has 2 saturated carbocycles. The van der Waals surface area contributed by atoms with Crippen molar-refractivity contribution in [3.63, 3.8) is 0 Å². The monoisotopic (exact) mass is 376 g/mol. The first kappa shape index (κ1) is 17.7. The van der Waals surface area contributed by atoms with E-state index in [9.17, 15) is 9.90 Å². The molecular formula is C24H28N2O2. The number of rotatable bonds is 1. The van der Waals surface area contributed by atoms with E-state index in [4.69, 9.17) is 0 Å². The SMILES string of the molecule is Cc1nn(C)cc1/C=C1\C[C@@H]2[C@@H]3CCc4cc(O)ccc4[C@@H]3CC[C@]2(C)C1=O. The number of phenols is 1. The summed E-state index contributed by atoms with van der Waals surface area (Å²) in [6.45, 7) is 4.21. The average molecular weight is 377 g/mol. The van der Waals surface area contributed by atoms with Gasteiger partial charge in [-0.15, -0.1) is 0 Å². The molecule has 1 N–H and O–H groups in total. The van der Waals surface area contributed by atoms with Crippen LogP contribution < -0.4 is 0 Å². The number of aryl methyl sites for hydroxylation is 3. The normalized spacial score (nSPS) is 32.9. The van der Waals surface area contributed by atoms with Gasteiger partial charge in [0.2, 0.25) is 0 Å². The standard InChI is InChI=1S/C24H28N2O2/c1-14-17(13-26(3)25-14)10-16-12-22-21-6-4-15-11-18(27)5-7-19(15)20(21)8-9-24(22,2)23(16)28/h5,7,10-11,13,20-22,27H,4,6,8-9,12H2,1-3H3/b16-10+/t20-,21+,22+,24-/m0/s1. The van der Waals surface area contributed by atoms with E-state index < -0.39 is 0 Å². The Morgan fingerprint density at radius 2 is 2.14 bits per heavy atom. The van der Waals surface area contributed by atoms with Crippen LogP contribution in [-0.4, -0.2) is 20.7 Å². The third-order valence-corrected chi connectivity index (χ3v) is 7.73. The lowest BCUT2D eigenvalue weighted by atomic mass is 9.55. The van der Waals surface area contributed by atoms with E-state index in [0.29, 0.717) is 29.3 Å². The highest BCUT2D eigenvalue weighted by atomic mass is 16.3. The van der Waals surface area contributed by atoms with Crippen LogP contribution in [0.25, 0.3) is 6.08 Å². The Kier molecular flexibility index (Phi) is 3.84. The summed E-state index contributed by atoms with van der Waals surface area (Å²) in [6.07, 6.45) is 9.14. The number of nitrogens with zero attached hydrogens (tertiary/aromatic N) is 2. The topological polar surface area (TPSA) is 55.1 Å². The van der Waals surface area contributed by atoms with Crippen molar-refractivity contribution in [3.05, 3.63) is 52.4 Å². The van der Waals surface area contributed by atoms with Gasteiger partial charge in [-0.3, -0.25) is 9.48 Å². The number of hydrogen-bond donors (Lipinski definition) is 1. The van der Waals surface area contributed by atoms with Crippen LogP contribution in [0.5, 0.6) is 5.75 Å². The molecule has 0 radical (unpaired) electrons. The maximum absolute atomic E-state index is 13.4. The first-order chi connectivity index (χ1) is 13.4. The molecule has 2 fully saturated rings. The maximum Gasteiger partial charge on any atom is 0.165 e. The minimum absolute atomic E-state index is 0.225. The lowest BCUT2D eigenvalue weighted by Gasteiger charge is -2.48. The predicted molar refractivity (Wildman–Crippen MR) is 109 cm³/mol. The van der Waals surface area contributed by atoms with Crippen molar-refractivity contribution >= 4 is 11.9 Å². The molecule has 4 nitrogen and oxygen atoms in total. The van der Waals surface area contributed by atoms with Crippen LogP contribution in [0.3, 0.4) is 0 Å². The molecule has 5 rings (SSSR count). The van der Waals surface area contributed by atoms with Gasteiger partial charge in [0, 0.05) is 24.2 Å². The number of phenolic OH excluding ortho intramolecular Hbond substituents is 1. The number of hydrogen-bond acceptors (Lipinski definition) is 3. The van der Waals surface area contributed by atoms with Gasteiger partial charge in [0.1, 0.15) is 5.75 Å². The summed E-state index contributed by atoms with van der Waals surface area (Å²) in [5.74, 6) is 2.22. The number of ketones is 1. The molecule has 0 aliphatic heterocycles. The van der Waals surface area contributed by atoms with Crippen LogP contribution in [0.2, 0.25) is 0 Å². The second-order valence-corrected chi connectivity index (χ2v) is 9.30. The summed E-state index contributed by atoms with van der Waals surface area (Å²) < 4.78 is 1.82. The van der Waals surface area contributed by atoms with Gasteiger partial charge in [-0.2, -0.15) is 5.10 Å². The number of carbonyl (C=O) groups is 1. The minimum Gasteiger partial charge on any atom is -0.508 e. The van der Waals surface area contributed by atoms with Gasteiger partial charge >= 0.3 is 0 Å². The first-order valence-corrected chi connectivity index (χ1v) is 10.4. The molecule has 0 saturated heterocycles. The third kappa shape index (κ3) is 2.50. The molecule has 2 aromatic rings. The number of carbonyl (C=O) groups excluding carboxylic acids is 1. The highest BCUT2D eigenvalue weighted by Gasteiger charge is 2.56. The summed E-state index contributed by atoms with van der Waals surface area (Å²) in [5, 5.41) is 14.3. The van der Waals surface area contributed by atoms with Crippen molar-refractivity contribution in [2.45, 2.75) is 51.9 Å². The zero-order valence-corrected chi connectivity index (χ0v) is 16.9. The van der Waals surface area contributed by atoms with Crippen molar-refractivity contribution in [3.8, 4) is 5.75 Å². The van der Waals surface area contributed by atoms with Crippen LogP contribution in [0, 0.1) is 24.2 Å². The molecule has 0 amide bonds. The van der Waals surface area contributed by atoms with Gasteiger partial charge in [0.15, 0.2) is 5.78 Å². The molecule has 146 valence electrons. The van der Waals surface area contributed by atoms with Crippen LogP contribution >= 0.6 is 0 Å². The third-order valence-electron chi connectivity index (χ3n) is 7.73. The van der Waals surface area contributed by atoms with E-state index in [1.807, 2.05) is 37.0 Å². The highest BCUT2D eigenvalue weighted by Crippen LogP contribution is 2.60. The summed E-state index contributed by atoms with van der Waals surface area (Å²) >= 11 is 0. The van der Waals surface area contributed by atoms with Gasteiger partial charge in [0.25, 0.3) is 0 Å². The van der Waals surface area contributed by atoms with E-state index in [2.05, 4.69) is 24.2 Å². The lowest BCUT2D eigenvalue weighted by Crippen LogP contribution is -2.42. The van der Waals surface area contributed by atoms with Crippen LogP contribution in [0.4, 0.5) is 0 Å². The fourth-order valence-electron chi connectivity index (χ4n) is 6.32. The lowest BCUT2D eigenvalue weighted by molar-refractivity contribution is -0.127. The Balaban J connectivity index is 1.50. The molecule has 1 aromatic heterocycles. The molecule has 3 aliphatic carbocycles. The molecule has 0 spiro atoms. The molecule has 4 atom stereocenters.